The van der Waals surface area contributed by atoms with E-state index in [9.17, 15) is 0 Å². The summed E-state index contributed by atoms with van der Waals surface area (Å²) in [6.07, 6.45) is 0. The summed E-state index contributed by atoms with van der Waals surface area (Å²) in [7, 11) is 0. The van der Waals surface area contributed by atoms with Crippen molar-refractivity contribution in [3.63, 3.8) is 0 Å². The fraction of sp³-hybridized carbons (Fsp3) is 0.0182. The van der Waals surface area contributed by atoms with Gasteiger partial charge in [-0.2, -0.15) is 0 Å². The summed E-state index contributed by atoms with van der Waals surface area (Å²) in [4.78, 5) is 0. The van der Waals surface area contributed by atoms with E-state index < -0.39 is 0 Å². The monoisotopic (exact) mass is 1440 g/mol. The molecule has 3 heterocycles. The van der Waals surface area contributed by atoms with Crippen LogP contribution in [0.4, 0.5) is 0 Å². The molecule has 0 saturated heterocycles. The van der Waals surface area contributed by atoms with Gasteiger partial charge in [-0.05, 0) is 210 Å². The van der Waals surface area contributed by atoms with Crippen LogP contribution in [0.1, 0.15) is 11.1 Å². The maximum atomic E-state index is 6.45. The van der Waals surface area contributed by atoms with Crippen molar-refractivity contribution in [2.45, 2.75) is 13.8 Å². The molecular weight excluding hydrogens is 1370 g/mol. The molecule has 3 nitrogen and oxygen atoms in total. The van der Waals surface area contributed by atoms with Crippen molar-refractivity contribution < 1.29 is 13.3 Å². The van der Waals surface area contributed by atoms with Gasteiger partial charge in [-0.3, -0.25) is 0 Å². The van der Waals surface area contributed by atoms with Crippen LogP contribution in [-0.2, 0) is 0 Å². The summed E-state index contributed by atoms with van der Waals surface area (Å²) in [5.74, 6) is 0. The highest BCUT2D eigenvalue weighted by Crippen LogP contribution is 2.48. The number of furan rings is 3. The van der Waals surface area contributed by atoms with Gasteiger partial charge in [-0.15, -0.1) is 0 Å². The number of aryl methyl sites for hydroxylation is 2. The van der Waals surface area contributed by atoms with E-state index in [4.69, 9.17) is 13.3 Å². The molecule has 0 bridgehead atoms. The highest BCUT2D eigenvalue weighted by molar-refractivity contribution is 6.19. The average molecular weight is 1440 g/mol. The Labute approximate surface area is 653 Å². The minimum Gasteiger partial charge on any atom is -0.455 e. The van der Waals surface area contributed by atoms with Gasteiger partial charge in [-0.1, -0.05) is 352 Å². The Bertz CT molecular complexity index is 7730. The topological polar surface area (TPSA) is 39.4 Å². The van der Waals surface area contributed by atoms with E-state index in [0.29, 0.717) is 0 Å². The SMILES string of the molecule is Cc1cc(-c2cccc3c2oc2ccccc23)c(C)cc1-c1cc2ccccc2c2ccccc12.c1cc(-c2cccc(-c3cccc4c3oc3ccccc34)c2)cc(-c2cc3ccccc3c3ccccc23)c1.c1ccc(-c2cc3ccccc3c3ccccc23)c(-c2ccccc2-c2cccc3c2oc2ccccc23)c1. The number of hydrogen-bond donors (Lipinski definition) is 0. The molecule has 530 valence electrons. The Balaban J connectivity index is 0.000000107. The molecule has 0 aliphatic rings. The summed E-state index contributed by atoms with van der Waals surface area (Å²) in [6, 6.07) is 143. The molecule has 3 aromatic heterocycles. The van der Waals surface area contributed by atoms with Crippen molar-refractivity contribution in [3.8, 4) is 89.0 Å². The summed E-state index contributed by atoms with van der Waals surface area (Å²) in [5, 5.41) is 22.3. The third kappa shape index (κ3) is 11.6. The lowest BCUT2D eigenvalue weighted by Crippen LogP contribution is -1.92. The molecule has 23 aromatic rings. The van der Waals surface area contributed by atoms with Crippen LogP contribution in [0.5, 0.6) is 0 Å². The molecule has 0 unspecified atom stereocenters. The number of para-hydroxylation sites is 6. The molecule has 0 fully saturated rings. The molecule has 0 aliphatic carbocycles. The van der Waals surface area contributed by atoms with E-state index in [1.807, 2.05) is 36.4 Å². The number of hydrogen-bond acceptors (Lipinski definition) is 3. The predicted molar refractivity (Wildman–Crippen MR) is 479 cm³/mol. The van der Waals surface area contributed by atoms with E-state index in [0.717, 1.165) is 82.7 Å². The predicted octanol–water partition coefficient (Wildman–Crippen LogP) is 31.6. The zero-order valence-electron chi connectivity index (χ0n) is 62.3. The molecule has 113 heavy (non-hydrogen) atoms. The standard InChI is InChI=1S/2C38H24O.C34H24O/c1-2-13-26-25(12-1)24-36(31-18-7-3-14-27(26)31)32-19-8-5-16-29(32)28-15-4-6-17-30(28)34-21-11-22-35-33-20-9-10-23-37(33)39-38(34)35;1-2-15-30-29(10-1)24-36(33-17-4-3-16-32(30)33)28-14-8-12-26(23-28)25-11-7-13-27(22-25)31-19-9-20-35-34-18-5-6-21-37(34)39-38(31)35;1-21-19-31(32-20-23-10-3-4-11-24(23)25-12-5-6-13-26(25)32)22(2)18-30(21)29-16-9-15-28-27-14-7-8-17-33(27)35-34(28)29/h2*1-24H;3-20H,1-2H3. The first kappa shape index (κ1) is 66.6. The highest BCUT2D eigenvalue weighted by Gasteiger charge is 2.22. The normalized spacial score (nSPS) is 11.6. The largest absolute Gasteiger partial charge is 0.455 e. The van der Waals surface area contributed by atoms with Gasteiger partial charge in [0.25, 0.3) is 0 Å². The van der Waals surface area contributed by atoms with Crippen molar-refractivity contribution >= 4 is 130 Å². The van der Waals surface area contributed by atoms with E-state index in [-0.39, 0.29) is 0 Å². The molecule has 0 atom stereocenters. The third-order valence-corrected chi connectivity index (χ3v) is 23.1. The molecule has 0 N–H and O–H groups in total. The lowest BCUT2D eigenvalue weighted by Gasteiger charge is -2.17. The minimum atomic E-state index is 0.917. The van der Waals surface area contributed by atoms with E-state index >= 15 is 0 Å². The summed E-state index contributed by atoms with van der Waals surface area (Å²) >= 11 is 0. The first-order chi connectivity index (χ1) is 55.9. The first-order valence-corrected chi connectivity index (χ1v) is 38.8. The van der Waals surface area contributed by atoms with Gasteiger partial charge in [0.05, 0.1) is 0 Å². The second-order valence-electron chi connectivity index (χ2n) is 29.6. The van der Waals surface area contributed by atoms with E-state index in [2.05, 4.69) is 378 Å². The van der Waals surface area contributed by atoms with Crippen LogP contribution in [0.25, 0.3) is 219 Å². The van der Waals surface area contributed by atoms with Crippen molar-refractivity contribution in [3.05, 3.63) is 412 Å². The molecule has 0 aliphatic heterocycles. The average Bonchev–Trinajstić information content (AvgIpc) is 0.792. The summed E-state index contributed by atoms with van der Waals surface area (Å²) in [5.41, 5.74) is 27.3. The third-order valence-electron chi connectivity index (χ3n) is 23.1. The molecule has 20 aromatic carbocycles. The van der Waals surface area contributed by atoms with Crippen LogP contribution in [0.15, 0.2) is 414 Å². The molecule has 0 saturated carbocycles. The molecular formula is C110H72O3. The Hall–Kier alpha value is -14.6. The van der Waals surface area contributed by atoms with Crippen molar-refractivity contribution in [2.75, 3.05) is 0 Å². The van der Waals surface area contributed by atoms with E-state index in [1.54, 1.807) is 0 Å². The van der Waals surface area contributed by atoms with Crippen molar-refractivity contribution in [2.24, 2.45) is 0 Å². The van der Waals surface area contributed by atoms with Crippen LogP contribution >= 0.6 is 0 Å². The van der Waals surface area contributed by atoms with E-state index in [1.165, 1.54) is 148 Å². The molecule has 0 amide bonds. The van der Waals surface area contributed by atoms with Gasteiger partial charge in [-0.25, -0.2) is 0 Å². The van der Waals surface area contributed by atoms with Crippen LogP contribution < -0.4 is 0 Å². The summed E-state index contributed by atoms with van der Waals surface area (Å²) in [6.45, 7) is 4.43. The Morgan fingerprint density at radius 2 is 0.389 bits per heavy atom. The highest BCUT2D eigenvalue weighted by atomic mass is 16.3. The van der Waals surface area contributed by atoms with Crippen LogP contribution in [0.3, 0.4) is 0 Å². The quantitative estimate of drug-likeness (QED) is 0.142. The molecule has 23 rings (SSSR count). The molecule has 0 spiro atoms. The number of fused-ring (bicyclic) bond motifs is 18. The van der Waals surface area contributed by atoms with Gasteiger partial charge in [0.1, 0.15) is 33.5 Å². The second-order valence-corrected chi connectivity index (χ2v) is 29.6. The maximum absolute atomic E-state index is 6.45. The van der Waals surface area contributed by atoms with Crippen LogP contribution in [-0.4, -0.2) is 0 Å². The van der Waals surface area contributed by atoms with Gasteiger partial charge in [0.15, 0.2) is 0 Å². The maximum Gasteiger partial charge on any atom is 0.143 e. The first-order valence-electron chi connectivity index (χ1n) is 38.8. The number of rotatable bonds is 8. The number of benzene rings is 20. The fourth-order valence-electron chi connectivity index (χ4n) is 17.8. The lowest BCUT2D eigenvalue weighted by molar-refractivity contribution is 0.669. The summed E-state index contributed by atoms with van der Waals surface area (Å²) < 4.78 is 19.1. The van der Waals surface area contributed by atoms with Gasteiger partial charge >= 0.3 is 0 Å². The van der Waals surface area contributed by atoms with Gasteiger partial charge in [0, 0.05) is 49.0 Å². The zero-order chi connectivity index (χ0) is 75.0. The van der Waals surface area contributed by atoms with Crippen molar-refractivity contribution in [1.82, 2.24) is 0 Å². The van der Waals surface area contributed by atoms with Crippen molar-refractivity contribution in [1.29, 1.82) is 0 Å². The van der Waals surface area contributed by atoms with Gasteiger partial charge < -0.3 is 13.3 Å². The fourth-order valence-corrected chi connectivity index (χ4v) is 17.8. The Kier molecular flexibility index (Phi) is 16.4. The second kappa shape index (κ2) is 27.8. The smallest absolute Gasteiger partial charge is 0.143 e. The minimum absolute atomic E-state index is 0.917. The van der Waals surface area contributed by atoms with Crippen LogP contribution in [0.2, 0.25) is 0 Å². The zero-order valence-corrected chi connectivity index (χ0v) is 62.3. The molecule has 0 radical (unpaired) electrons. The van der Waals surface area contributed by atoms with Crippen LogP contribution in [0, 0.1) is 13.8 Å². The molecule has 3 heteroatoms. The Morgan fingerprint density at radius 1 is 0.142 bits per heavy atom. The lowest BCUT2D eigenvalue weighted by atomic mass is 9.86. The Morgan fingerprint density at radius 3 is 0.814 bits per heavy atom. The van der Waals surface area contributed by atoms with Gasteiger partial charge in [0.2, 0.25) is 0 Å².